The molecule has 3 nitrogen and oxygen atoms in total. The van der Waals surface area contributed by atoms with Crippen molar-refractivity contribution in [1.82, 2.24) is 0 Å². The van der Waals surface area contributed by atoms with Gasteiger partial charge in [-0.1, -0.05) is 12.1 Å². The van der Waals surface area contributed by atoms with Crippen LogP contribution >= 0.6 is 22.6 Å². The first-order chi connectivity index (χ1) is 9.79. The lowest BCUT2D eigenvalue weighted by Crippen LogP contribution is -2.05. The summed E-state index contributed by atoms with van der Waals surface area (Å²) in [5.74, 6) is 1.68. The van der Waals surface area contributed by atoms with E-state index in [1.54, 1.807) is 24.3 Å². The van der Waals surface area contributed by atoms with Crippen molar-refractivity contribution >= 4 is 22.6 Å². The second kappa shape index (κ2) is 7.75. The van der Waals surface area contributed by atoms with Gasteiger partial charge in [0, 0.05) is 6.42 Å². The van der Waals surface area contributed by atoms with Gasteiger partial charge in [0.2, 0.25) is 0 Å². The van der Waals surface area contributed by atoms with E-state index in [2.05, 4.69) is 28.7 Å². The Hall–Kier alpha value is -1.74. The minimum atomic E-state index is 0.593. The second-order valence-electron chi connectivity index (χ2n) is 4.12. The summed E-state index contributed by atoms with van der Waals surface area (Å²) >= 11 is 2.25. The van der Waals surface area contributed by atoms with E-state index in [9.17, 15) is 0 Å². The third-order valence-corrected chi connectivity index (χ3v) is 3.53. The van der Waals surface area contributed by atoms with Gasteiger partial charge in [-0.2, -0.15) is 5.26 Å². The van der Waals surface area contributed by atoms with Gasteiger partial charge >= 0.3 is 0 Å². The molecule has 0 radical (unpaired) electrons. The van der Waals surface area contributed by atoms with Crippen LogP contribution in [0.15, 0.2) is 48.5 Å². The fraction of sp³-hybridized carbons (Fsp3) is 0.188. The molecule has 0 saturated heterocycles. The number of nitriles is 1. The highest BCUT2D eigenvalue weighted by molar-refractivity contribution is 14.1. The first kappa shape index (κ1) is 14.7. The average Bonchev–Trinajstić information content (AvgIpc) is 2.49. The molecule has 0 aliphatic rings. The van der Waals surface area contributed by atoms with E-state index < -0.39 is 0 Å². The molecule has 0 spiro atoms. The Bertz CT molecular complexity index is 590. The van der Waals surface area contributed by atoms with Crippen LogP contribution in [-0.4, -0.2) is 13.2 Å². The van der Waals surface area contributed by atoms with Crippen molar-refractivity contribution in [3.8, 4) is 17.6 Å². The van der Waals surface area contributed by atoms with Crippen molar-refractivity contribution in [1.29, 1.82) is 5.26 Å². The van der Waals surface area contributed by atoms with Gasteiger partial charge in [0.25, 0.3) is 0 Å². The lowest BCUT2D eigenvalue weighted by atomic mass is 10.2. The number of halogens is 1. The fourth-order valence-corrected chi connectivity index (χ4v) is 2.16. The second-order valence-corrected chi connectivity index (χ2v) is 5.28. The molecule has 0 aliphatic heterocycles. The predicted octanol–water partition coefficient (Wildman–Crippen LogP) is 4.01. The first-order valence-corrected chi connectivity index (χ1v) is 7.38. The smallest absolute Gasteiger partial charge is 0.132 e. The molecule has 2 rings (SSSR count). The van der Waals surface area contributed by atoms with Crippen molar-refractivity contribution in [2.75, 3.05) is 13.2 Å². The molecule has 0 saturated carbocycles. The topological polar surface area (TPSA) is 42.2 Å². The lowest BCUT2D eigenvalue weighted by Gasteiger charge is -2.09. The van der Waals surface area contributed by atoms with Gasteiger partial charge < -0.3 is 9.47 Å². The van der Waals surface area contributed by atoms with Gasteiger partial charge in [0.15, 0.2) is 0 Å². The van der Waals surface area contributed by atoms with Crippen LogP contribution in [0.1, 0.15) is 12.0 Å². The van der Waals surface area contributed by atoms with Gasteiger partial charge in [-0.05, 0) is 59.0 Å². The molecule has 0 aliphatic carbocycles. The van der Waals surface area contributed by atoms with Crippen molar-refractivity contribution < 1.29 is 9.47 Å². The predicted molar refractivity (Wildman–Crippen MR) is 85.9 cm³/mol. The summed E-state index contributed by atoms with van der Waals surface area (Å²) < 4.78 is 12.4. The van der Waals surface area contributed by atoms with Crippen molar-refractivity contribution in [3.05, 3.63) is 57.7 Å². The van der Waals surface area contributed by atoms with E-state index in [0.717, 1.165) is 21.5 Å². The third kappa shape index (κ3) is 4.42. The molecule has 0 fully saturated rings. The molecular formula is C16H14INO2. The summed E-state index contributed by atoms with van der Waals surface area (Å²) in [5, 5.41) is 8.70. The van der Waals surface area contributed by atoms with E-state index in [0.29, 0.717) is 18.8 Å². The van der Waals surface area contributed by atoms with Gasteiger partial charge in [0.05, 0.1) is 28.4 Å². The highest BCUT2D eigenvalue weighted by atomic mass is 127. The summed E-state index contributed by atoms with van der Waals surface area (Å²) in [6.07, 6.45) is 0.810. The largest absolute Gasteiger partial charge is 0.493 e. The number of benzene rings is 2. The molecule has 0 atom stereocenters. The Morgan fingerprint density at radius 3 is 2.35 bits per heavy atom. The molecular weight excluding hydrogens is 365 g/mol. The Balaban J connectivity index is 1.69. The van der Waals surface area contributed by atoms with Crippen LogP contribution in [-0.2, 0) is 0 Å². The number of ether oxygens (including phenoxy) is 2. The van der Waals surface area contributed by atoms with Crippen LogP contribution in [0.2, 0.25) is 0 Å². The van der Waals surface area contributed by atoms with E-state index >= 15 is 0 Å². The summed E-state index contributed by atoms with van der Waals surface area (Å²) in [7, 11) is 0. The molecule has 0 bridgehead atoms. The highest BCUT2D eigenvalue weighted by Gasteiger charge is 1.99. The molecule has 2 aromatic rings. The SMILES string of the molecule is N#Cc1ccc(OCCCOc2ccccc2I)cc1. The maximum atomic E-state index is 8.70. The number of nitrogens with zero attached hydrogens (tertiary/aromatic N) is 1. The van der Waals surface area contributed by atoms with Crippen LogP contribution in [0.4, 0.5) is 0 Å². The van der Waals surface area contributed by atoms with E-state index in [1.807, 2.05) is 24.3 Å². The van der Waals surface area contributed by atoms with Gasteiger partial charge in [-0.25, -0.2) is 0 Å². The fourth-order valence-electron chi connectivity index (χ4n) is 1.62. The zero-order valence-corrected chi connectivity index (χ0v) is 13.0. The lowest BCUT2D eigenvalue weighted by molar-refractivity contribution is 0.246. The van der Waals surface area contributed by atoms with Gasteiger partial charge in [-0.15, -0.1) is 0 Å². The summed E-state index contributed by atoms with van der Waals surface area (Å²) in [5.41, 5.74) is 0.638. The zero-order chi connectivity index (χ0) is 14.2. The van der Waals surface area contributed by atoms with Gasteiger partial charge in [-0.3, -0.25) is 0 Å². The van der Waals surface area contributed by atoms with Crippen molar-refractivity contribution in [2.24, 2.45) is 0 Å². The summed E-state index contributed by atoms with van der Waals surface area (Å²) in [6, 6.07) is 17.1. The molecule has 102 valence electrons. The maximum Gasteiger partial charge on any atom is 0.132 e. The zero-order valence-electron chi connectivity index (χ0n) is 10.9. The minimum Gasteiger partial charge on any atom is -0.493 e. The highest BCUT2D eigenvalue weighted by Crippen LogP contribution is 2.19. The molecule has 0 N–H and O–H groups in total. The monoisotopic (exact) mass is 379 g/mol. The molecule has 0 unspecified atom stereocenters. The minimum absolute atomic E-state index is 0.593. The number of rotatable bonds is 6. The Kier molecular flexibility index (Phi) is 5.69. The van der Waals surface area contributed by atoms with E-state index in [4.69, 9.17) is 14.7 Å². The molecule has 0 amide bonds. The number of para-hydroxylation sites is 1. The molecule has 2 aromatic carbocycles. The van der Waals surface area contributed by atoms with Crippen LogP contribution in [0.3, 0.4) is 0 Å². The van der Waals surface area contributed by atoms with E-state index in [-0.39, 0.29) is 0 Å². The van der Waals surface area contributed by atoms with Crippen molar-refractivity contribution in [2.45, 2.75) is 6.42 Å². The first-order valence-electron chi connectivity index (χ1n) is 6.30. The Labute approximate surface area is 132 Å². The average molecular weight is 379 g/mol. The summed E-state index contributed by atoms with van der Waals surface area (Å²) in [6.45, 7) is 1.21. The molecule has 4 heteroatoms. The van der Waals surface area contributed by atoms with Crippen LogP contribution in [0, 0.1) is 14.9 Å². The Morgan fingerprint density at radius 2 is 1.65 bits per heavy atom. The third-order valence-electron chi connectivity index (χ3n) is 2.64. The summed E-state index contributed by atoms with van der Waals surface area (Å²) in [4.78, 5) is 0. The molecule has 20 heavy (non-hydrogen) atoms. The normalized spacial score (nSPS) is 9.80. The Morgan fingerprint density at radius 1 is 0.950 bits per heavy atom. The molecule has 0 heterocycles. The molecule has 0 aromatic heterocycles. The van der Waals surface area contributed by atoms with Gasteiger partial charge in [0.1, 0.15) is 11.5 Å². The maximum absolute atomic E-state index is 8.70. The van der Waals surface area contributed by atoms with Crippen LogP contribution < -0.4 is 9.47 Å². The van der Waals surface area contributed by atoms with Crippen LogP contribution in [0.25, 0.3) is 0 Å². The standard InChI is InChI=1S/C16H14INO2/c17-15-4-1-2-5-16(15)20-11-3-10-19-14-8-6-13(12-18)7-9-14/h1-2,4-9H,3,10-11H2. The van der Waals surface area contributed by atoms with Crippen LogP contribution in [0.5, 0.6) is 11.5 Å². The van der Waals surface area contributed by atoms with E-state index in [1.165, 1.54) is 0 Å². The number of hydrogen-bond donors (Lipinski definition) is 0. The number of hydrogen-bond acceptors (Lipinski definition) is 3. The quantitative estimate of drug-likeness (QED) is 0.563. The van der Waals surface area contributed by atoms with Crippen molar-refractivity contribution in [3.63, 3.8) is 0 Å².